The second kappa shape index (κ2) is 3.57. The number of rotatable bonds is 1. The Morgan fingerprint density at radius 1 is 1.46 bits per heavy atom. The van der Waals surface area contributed by atoms with Gasteiger partial charge in [-0.25, -0.2) is 4.98 Å². The topological polar surface area (TPSA) is 36.7 Å². The molecule has 0 spiro atoms. The van der Waals surface area contributed by atoms with Crippen molar-refractivity contribution in [2.24, 2.45) is 5.41 Å². The third-order valence-corrected chi connectivity index (χ3v) is 1.67. The number of pyridine rings is 1. The van der Waals surface area contributed by atoms with Crippen LogP contribution in [0.25, 0.3) is 0 Å². The summed E-state index contributed by atoms with van der Waals surface area (Å²) in [7, 11) is 0. The lowest BCUT2D eigenvalue weighted by Gasteiger charge is -2.17. The summed E-state index contributed by atoms with van der Waals surface area (Å²) >= 11 is 0. The highest BCUT2D eigenvalue weighted by molar-refractivity contribution is 5.25. The summed E-state index contributed by atoms with van der Waals surface area (Å²) in [5, 5.41) is 8.65. The van der Waals surface area contributed by atoms with E-state index in [2.05, 4.69) is 25.8 Å². The Labute approximate surface area is 79.2 Å². The van der Waals surface area contributed by atoms with Gasteiger partial charge in [0.15, 0.2) is 0 Å². The fourth-order valence-corrected chi connectivity index (χ4v) is 1.26. The normalized spacial score (nSPS) is 10.9. The van der Waals surface area contributed by atoms with Gasteiger partial charge < -0.3 is 0 Å². The first-order valence-electron chi connectivity index (χ1n) is 4.36. The Morgan fingerprint density at radius 2 is 2.15 bits per heavy atom. The maximum Gasteiger partial charge on any atom is 0.140 e. The number of hydrogen-bond acceptors (Lipinski definition) is 2. The van der Waals surface area contributed by atoms with Gasteiger partial charge in [0, 0.05) is 6.20 Å². The van der Waals surface area contributed by atoms with Gasteiger partial charge in [-0.3, -0.25) is 0 Å². The molecule has 2 nitrogen and oxygen atoms in total. The average molecular weight is 174 g/mol. The molecule has 0 aliphatic rings. The smallest absolute Gasteiger partial charge is 0.140 e. The molecule has 0 unspecified atom stereocenters. The molecule has 13 heavy (non-hydrogen) atoms. The SMILES string of the molecule is CC(C)(C)Cc1ccnc(C#N)c1. The molecular formula is C11H14N2. The Bertz CT molecular complexity index is 329. The van der Waals surface area contributed by atoms with Crippen molar-refractivity contribution in [3.05, 3.63) is 29.6 Å². The van der Waals surface area contributed by atoms with Gasteiger partial charge in [0.2, 0.25) is 0 Å². The molecule has 0 saturated heterocycles. The molecule has 2 heteroatoms. The predicted octanol–water partition coefficient (Wildman–Crippen LogP) is 2.54. The summed E-state index contributed by atoms with van der Waals surface area (Å²) in [6, 6.07) is 5.86. The maximum atomic E-state index is 8.65. The minimum atomic E-state index is 0.258. The van der Waals surface area contributed by atoms with Crippen LogP contribution in [0.15, 0.2) is 18.3 Å². The average Bonchev–Trinajstić information content (AvgIpc) is 2.01. The van der Waals surface area contributed by atoms with E-state index in [0.29, 0.717) is 5.69 Å². The van der Waals surface area contributed by atoms with Crippen LogP contribution in [0.2, 0.25) is 0 Å². The monoisotopic (exact) mass is 174 g/mol. The van der Waals surface area contributed by atoms with E-state index in [1.807, 2.05) is 18.2 Å². The van der Waals surface area contributed by atoms with E-state index >= 15 is 0 Å². The van der Waals surface area contributed by atoms with Gasteiger partial charge >= 0.3 is 0 Å². The van der Waals surface area contributed by atoms with Crippen LogP contribution in [0.3, 0.4) is 0 Å². The molecule has 0 fully saturated rings. The van der Waals surface area contributed by atoms with Gasteiger partial charge in [-0.1, -0.05) is 20.8 Å². The Morgan fingerprint density at radius 3 is 2.69 bits per heavy atom. The predicted molar refractivity (Wildman–Crippen MR) is 52.1 cm³/mol. The first-order valence-corrected chi connectivity index (χ1v) is 4.36. The quantitative estimate of drug-likeness (QED) is 0.656. The van der Waals surface area contributed by atoms with E-state index in [1.165, 1.54) is 5.56 Å². The van der Waals surface area contributed by atoms with Crippen molar-refractivity contribution >= 4 is 0 Å². The number of aromatic nitrogens is 1. The third kappa shape index (κ3) is 3.25. The van der Waals surface area contributed by atoms with Crippen molar-refractivity contribution in [3.63, 3.8) is 0 Å². The van der Waals surface area contributed by atoms with Gasteiger partial charge in [-0.15, -0.1) is 0 Å². The molecule has 0 bridgehead atoms. The van der Waals surface area contributed by atoms with Crippen LogP contribution in [-0.2, 0) is 6.42 Å². The summed E-state index contributed by atoms with van der Waals surface area (Å²) in [4.78, 5) is 3.93. The summed E-state index contributed by atoms with van der Waals surface area (Å²) in [6.07, 6.45) is 2.67. The lowest BCUT2D eigenvalue weighted by molar-refractivity contribution is 0.411. The molecule has 0 aromatic carbocycles. The van der Waals surface area contributed by atoms with Crippen molar-refractivity contribution in [1.82, 2.24) is 4.98 Å². The maximum absolute atomic E-state index is 8.65. The molecule has 0 saturated carbocycles. The summed E-state index contributed by atoms with van der Waals surface area (Å²) in [6.45, 7) is 6.54. The zero-order valence-electron chi connectivity index (χ0n) is 8.33. The summed E-state index contributed by atoms with van der Waals surface area (Å²) < 4.78 is 0. The van der Waals surface area contributed by atoms with Gasteiger partial charge in [-0.05, 0) is 29.5 Å². The molecular weight excluding hydrogens is 160 g/mol. The van der Waals surface area contributed by atoms with Crippen molar-refractivity contribution < 1.29 is 0 Å². The summed E-state index contributed by atoms with van der Waals surface area (Å²) in [5.74, 6) is 0. The molecule has 0 aliphatic carbocycles. The lowest BCUT2D eigenvalue weighted by atomic mass is 9.88. The zero-order chi connectivity index (χ0) is 9.90. The summed E-state index contributed by atoms with van der Waals surface area (Å²) in [5.41, 5.74) is 1.94. The minimum Gasteiger partial charge on any atom is -0.246 e. The molecule has 0 amide bonds. The molecule has 0 aliphatic heterocycles. The van der Waals surface area contributed by atoms with E-state index in [0.717, 1.165) is 6.42 Å². The van der Waals surface area contributed by atoms with Crippen LogP contribution in [0, 0.1) is 16.7 Å². The molecule has 1 heterocycles. The van der Waals surface area contributed by atoms with E-state index in [1.54, 1.807) is 6.20 Å². The van der Waals surface area contributed by atoms with Crippen molar-refractivity contribution in [1.29, 1.82) is 5.26 Å². The molecule has 1 aromatic heterocycles. The first kappa shape index (κ1) is 9.73. The van der Waals surface area contributed by atoms with E-state index < -0.39 is 0 Å². The Balaban J connectivity index is 2.86. The van der Waals surface area contributed by atoms with Gasteiger partial charge in [0.1, 0.15) is 11.8 Å². The molecule has 1 rings (SSSR count). The molecule has 0 atom stereocenters. The first-order chi connectivity index (χ1) is 6.01. The largest absolute Gasteiger partial charge is 0.246 e. The van der Waals surface area contributed by atoms with E-state index in [4.69, 9.17) is 5.26 Å². The lowest BCUT2D eigenvalue weighted by Crippen LogP contribution is -2.09. The highest BCUT2D eigenvalue weighted by atomic mass is 14.7. The molecule has 0 N–H and O–H groups in total. The number of hydrogen-bond donors (Lipinski definition) is 0. The van der Waals surface area contributed by atoms with Crippen LogP contribution < -0.4 is 0 Å². The fourth-order valence-electron chi connectivity index (χ4n) is 1.26. The second-order valence-electron chi connectivity index (χ2n) is 4.40. The molecule has 68 valence electrons. The van der Waals surface area contributed by atoms with Crippen molar-refractivity contribution in [2.75, 3.05) is 0 Å². The number of nitriles is 1. The molecule has 1 aromatic rings. The standard InChI is InChI=1S/C11H14N2/c1-11(2,3)7-9-4-5-13-10(6-9)8-12/h4-6H,7H2,1-3H3. The van der Waals surface area contributed by atoms with Crippen LogP contribution in [-0.4, -0.2) is 4.98 Å². The van der Waals surface area contributed by atoms with Gasteiger partial charge in [-0.2, -0.15) is 5.26 Å². The van der Waals surface area contributed by atoms with Gasteiger partial charge in [0.05, 0.1) is 0 Å². The van der Waals surface area contributed by atoms with Crippen molar-refractivity contribution in [3.8, 4) is 6.07 Å². The van der Waals surface area contributed by atoms with E-state index in [-0.39, 0.29) is 5.41 Å². The number of nitrogens with zero attached hydrogens (tertiary/aromatic N) is 2. The zero-order valence-corrected chi connectivity index (χ0v) is 8.33. The van der Waals surface area contributed by atoms with E-state index in [9.17, 15) is 0 Å². The van der Waals surface area contributed by atoms with Crippen LogP contribution in [0.5, 0.6) is 0 Å². The van der Waals surface area contributed by atoms with Crippen molar-refractivity contribution in [2.45, 2.75) is 27.2 Å². The molecule has 0 radical (unpaired) electrons. The van der Waals surface area contributed by atoms with Crippen LogP contribution in [0.4, 0.5) is 0 Å². The second-order valence-corrected chi connectivity index (χ2v) is 4.40. The Hall–Kier alpha value is -1.36. The highest BCUT2D eigenvalue weighted by Gasteiger charge is 2.11. The van der Waals surface area contributed by atoms with Crippen LogP contribution >= 0.6 is 0 Å². The van der Waals surface area contributed by atoms with Gasteiger partial charge in [0.25, 0.3) is 0 Å². The Kier molecular flexibility index (Phi) is 2.67. The van der Waals surface area contributed by atoms with Crippen LogP contribution in [0.1, 0.15) is 32.0 Å². The highest BCUT2D eigenvalue weighted by Crippen LogP contribution is 2.20. The minimum absolute atomic E-state index is 0.258. The third-order valence-electron chi connectivity index (χ3n) is 1.67. The fraction of sp³-hybridized carbons (Fsp3) is 0.455.